The van der Waals surface area contributed by atoms with E-state index in [1.54, 1.807) is 17.4 Å². The van der Waals surface area contributed by atoms with Crippen LogP contribution in [0.4, 0.5) is 4.39 Å². The first-order chi connectivity index (χ1) is 9.15. The molecule has 2 nitrogen and oxygen atoms in total. The minimum atomic E-state index is -0.249. The molecule has 0 spiro atoms. The normalized spacial score (nSPS) is 12.4. The third-order valence-electron chi connectivity index (χ3n) is 2.79. The Morgan fingerprint density at radius 2 is 2.21 bits per heavy atom. The molecule has 0 radical (unpaired) electrons. The van der Waals surface area contributed by atoms with E-state index in [2.05, 4.69) is 16.8 Å². The van der Waals surface area contributed by atoms with E-state index in [9.17, 15) is 4.39 Å². The molecule has 0 bridgehead atoms. The molecule has 0 aliphatic carbocycles. The average Bonchev–Trinajstić information content (AvgIpc) is 2.84. The van der Waals surface area contributed by atoms with Crippen LogP contribution in [-0.4, -0.2) is 12.6 Å². The Hall–Kier alpha value is -1.39. The molecule has 19 heavy (non-hydrogen) atoms. The number of halogens is 1. The van der Waals surface area contributed by atoms with Gasteiger partial charge in [0.15, 0.2) is 0 Å². The van der Waals surface area contributed by atoms with Gasteiger partial charge < -0.3 is 10.5 Å². The summed E-state index contributed by atoms with van der Waals surface area (Å²) in [4.78, 5) is 0. The lowest BCUT2D eigenvalue weighted by Gasteiger charge is -2.13. The molecule has 0 aliphatic rings. The van der Waals surface area contributed by atoms with Gasteiger partial charge in [0, 0.05) is 12.5 Å². The molecule has 4 heteroatoms. The van der Waals surface area contributed by atoms with Crippen LogP contribution in [0.2, 0.25) is 0 Å². The Labute approximate surface area is 117 Å². The number of hydrogen-bond acceptors (Lipinski definition) is 3. The van der Waals surface area contributed by atoms with Gasteiger partial charge in [0.1, 0.15) is 11.6 Å². The lowest BCUT2D eigenvalue weighted by molar-refractivity contribution is 0.317. The van der Waals surface area contributed by atoms with Gasteiger partial charge in [0.25, 0.3) is 0 Å². The molecular weight excluding hydrogens is 261 g/mol. The molecule has 2 aromatic rings. The number of rotatable bonds is 6. The van der Waals surface area contributed by atoms with Crippen molar-refractivity contribution in [2.24, 2.45) is 5.73 Å². The van der Waals surface area contributed by atoms with Crippen LogP contribution in [0.3, 0.4) is 0 Å². The maximum absolute atomic E-state index is 13.2. The van der Waals surface area contributed by atoms with Crippen molar-refractivity contribution in [3.05, 3.63) is 52.0 Å². The van der Waals surface area contributed by atoms with Gasteiger partial charge in [-0.15, -0.1) is 0 Å². The molecule has 2 rings (SSSR count). The zero-order valence-corrected chi connectivity index (χ0v) is 11.8. The minimum Gasteiger partial charge on any atom is -0.493 e. The van der Waals surface area contributed by atoms with Crippen LogP contribution >= 0.6 is 11.3 Å². The second-order valence-electron chi connectivity index (χ2n) is 4.66. The third kappa shape index (κ3) is 4.33. The summed E-state index contributed by atoms with van der Waals surface area (Å²) in [6.45, 7) is 2.49. The van der Waals surface area contributed by atoms with Crippen molar-refractivity contribution in [2.75, 3.05) is 6.61 Å². The molecular formula is C15H18FNOS. The fourth-order valence-electron chi connectivity index (χ4n) is 1.91. The highest BCUT2D eigenvalue weighted by Crippen LogP contribution is 2.21. The van der Waals surface area contributed by atoms with E-state index < -0.39 is 0 Å². The Morgan fingerprint density at radius 3 is 2.89 bits per heavy atom. The molecule has 0 fully saturated rings. The fourth-order valence-corrected chi connectivity index (χ4v) is 2.61. The van der Waals surface area contributed by atoms with E-state index in [4.69, 9.17) is 10.5 Å². The Morgan fingerprint density at radius 1 is 1.37 bits per heavy atom. The summed E-state index contributed by atoms with van der Waals surface area (Å²) >= 11 is 1.68. The first-order valence-electron chi connectivity index (χ1n) is 6.33. The van der Waals surface area contributed by atoms with Crippen molar-refractivity contribution in [1.82, 2.24) is 0 Å². The molecule has 102 valence electrons. The Balaban J connectivity index is 1.98. The predicted octanol–water partition coefficient (Wildman–Crippen LogP) is 3.40. The first kappa shape index (κ1) is 14.0. The summed E-state index contributed by atoms with van der Waals surface area (Å²) in [6, 6.07) is 6.68. The van der Waals surface area contributed by atoms with Gasteiger partial charge in [-0.25, -0.2) is 4.39 Å². The fraction of sp³-hybridized carbons (Fsp3) is 0.333. The number of nitrogens with two attached hydrogens (primary N) is 1. The van der Waals surface area contributed by atoms with Crippen LogP contribution in [0.1, 0.15) is 18.1 Å². The third-order valence-corrected chi connectivity index (χ3v) is 3.52. The van der Waals surface area contributed by atoms with Gasteiger partial charge in [0.2, 0.25) is 0 Å². The van der Waals surface area contributed by atoms with Crippen molar-refractivity contribution in [3.63, 3.8) is 0 Å². The van der Waals surface area contributed by atoms with Crippen molar-refractivity contribution in [1.29, 1.82) is 0 Å². The van der Waals surface area contributed by atoms with Gasteiger partial charge in [-0.1, -0.05) is 0 Å². The van der Waals surface area contributed by atoms with Crippen LogP contribution in [0.5, 0.6) is 5.75 Å². The second-order valence-corrected chi connectivity index (χ2v) is 5.44. The number of benzene rings is 1. The Kier molecular flexibility index (Phi) is 4.93. The lowest BCUT2D eigenvalue weighted by Crippen LogP contribution is -2.18. The quantitative estimate of drug-likeness (QED) is 0.879. The topological polar surface area (TPSA) is 35.2 Å². The van der Waals surface area contributed by atoms with Crippen LogP contribution in [0, 0.1) is 5.82 Å². The molecule has 0 saturated heterocycles. The van der Waals surface area contributed by atoms with E-state index >= 15 is 0 Å². The summed E-state index contributed by atoms with van der Waals surface area (Å²) < 4.78 is 19.0. The smallest absolute Gasteiger partial charge is 0.123 e. The lowest BCUT2D eigenvalue weighted by atomic mass is 10.1. The summed E-state index contributed by atoms with van der Waals surface area (Å²) in [6.07, 6.45) is 1.48. The van der Waals surface area contributed by atoms with Gasteiger partial charge in [0.05, 0.1) is 6.61 Å². The molecule has 1 aromatic heterocycles. The van der Waals surface area contributed by atoms with Crippen molar-refractivity contribution >= 4 is 11.3 Å². The highest BCUT2D eigenvalue weighted by molar-refractivity contribution is 7.07. The summed E-state index contributed by atoms with van der Waals surface area (Å²) in [7, 11) is 0. The number of hydrogen-bond donors (Lipinski definition) is 1. The van der Waals surface area contributed by atoms with Crippen LogP contribution in [0.15, 0.2) is 35.0 Å². The molecule has 0 saturated carbocycles. The highest BCUT2D eigenvalue weighted by atomic mass is 32.1. The average molecular weight is 279 g/mol. The summed E-state index contributed by atoms with van der Waals surface area (Å²) in [5.74, 6) is 0.481. The van der Waals surface area contributed by atoms with E-state index in [1.165, 1.54) is 17.7 Å². The molecule has 0 amide bonds. The SMILES string of the molecule is CC(N)Cc1cc(F)ccc1OCCc1ccsc1. The van der Waals surface area contributed by atoms with E-state index in [-0.39, 0.29) is 11.9 Å². The maximum atomic E-state index is 13.2. The maximum Gasteiger partial charge on any atom is 0.123 e. The van der Waals surface area contributed by atoms with Crippen molar-refractivity contribution < 1.29 is 9.13 Å². The number of thiophene rings is 1. The molecule has 1 heterocycles. The van der Waals surface area contributed by atoms with E-state index in [1.807, 2.05) is 6.92 Å². The number of ether oxygens (including phenoxy) is 1. The molecule has 1 aromatic carbocycles. The van der Waals surface area contributed by atoms with Crippen LogP contribution < -0.4 is 10.5 Å². The minimum absolute atomic E-state index is 0.0129. The molecule has 1 unspecified atom stereocenters. The monoisotopic (exact) mass is 279 g/mol. The van der Waals surface area contributed by atoms with Crippen LogP contribution in [-0.2, 0) is 12.8 Å². The molecule has 1 atom stereocenters. The van der Waals surface area contributed by atoms with Crippen LogP contribution in [0.25, 0.3) is 0 Å². The predicted molar refractivity (Wildman–Crippen MR) is 77.3 cm³/mol. The van der Waals surface area contributed by atoms with Crippen molar-refractivity contribution in [2.45, 2.75) is 25.8 Å². The summed E-state index contributed by atoms with van der Waals surface area (Å²) in [5, 5.41) is 4.16. The van der Waals surface area contributed by atoms with Gasteiger partial charge in [-0.3, -0.25) is 0 Å². The zero-order valence-electron chi connectivity index (χ0n) is 10.9. The molecule has 0 aliphatic heterocycles. The first-order valence-corrected chi connectivity index (χ1v) is 7.27. The Bertz CT molecular complexity index is 511. The molecule has 2 N–H and O–H groups in total. The highest BCUT2D eigenvalue weighted by Gasteiger charge is 2.08. The zero-order chi connectivity index (χ0) is 13.7. The van der Waals surface area contributed by atoms with Gasteiger partial charge in [-0.05, 0) is 59.5 Å². The summed E-state index contributed by atoms with van der Waals surface area (Å²) in [5.41, 5.74) is 7.87. The standard InChI is InChI=1S/C15H18FNOS/c1-11(17)8-13-9-14(16)2-3-15(13)18-6-4-12-5-7-19-10-12/h2-3,5,7,9-11H,4,6,8,17H2,1H3. The van der Waals surface area contributed by atoms with Gasteiger partial charge in [-0.2, -0.15) is 11.3 Å². The van der Waals surface area contributed by atoms with Gasteiger partial charge >= 0.3 is 0 Å². The van der Waals surface area contributed by atoms with Crippen molar-refractivity contribution in [3.8, 4) is 5.75 Å². The van der Waals surface area contributed by atoms with E-state index in [0.717, 1.165) is 17.7 Å². The largest absolute Gasteiger partial charge is 0.493 e. The second kappa shape index (κ2) is 6.68. The van der Waals surface area contributed by atoms with E-state index in [0.29, 0.717) is 13.0 Å².